The zero-order valence-electron chi connectivity index (χ0n) is 25.2. The van der Waals surface area contributed by atoms with Crippen LogP contribution in [0.5, 0.6) is 0 Å². The minimum atomic E-state index is -3.83. The second kappa shape index (κ2) is 15.0. The smallest absolute Gasteiger partial charge is 0.244 e. The van der Waals surface area contributed by atoms with Gasteiger partial charge in [0.05, 0.1) is 11.9 Å². The molecule has 1 saturated carbocycles. The molecule has 9 heteroatoms. The molecule has 2 amide bonds. The van der Waals surface area contributed by atoms with Crippen LogP contribution >= 0.6 is 15.9 Å². The van der Waals surface area contributed by atoms with Crippen LogP contribution in [0.25, 0.3) is 0 Å². The summed E-state index contributed by atoms with van der Waals surface area (Å²) in [5, 5.41) is 3.24. The number of carbonyl (C=O) groups is 2. The van der Waals surface area contributed by atoms with Crippen molar-refractivity contribution >= 4 is 43.5 Å². The Balaban J connectivity index is 1.74. The van der Waals surface area contributed by atoms with Gasteiger partial charge in [0.25, 0.3) is 0 Å². The van der Waals surface area contributed by atoms with Gasteiger partial charge < -0.3 is 10.2 Å². The minimum absolute atomic E-state index is 0.0431. The van der Waals surface area contributed by atoms with E-state index in [0.29, 0.717) is 12.1 Å². The molecular formula is C34H42BrN3O4S. The summed E-state index contributed by atoms with van der Waals surface area (Å²) in [5.74, 6) is -0.608. The lowest BCUT2D eigenvalue weighted by molar-refractivity contribution is -0.140. The van der Waals surface area contributed by atoms with E-state index in [-0.39, 0.29) is 24.4 Å². The zero-order chi connectivity index (χ0) is 31.0. The van der Waals surface area contributed by atoms with Crippen LogP contribution < -0.4 is 9.62 Å². The molecule has 0 spiro atoms. The van der Waals surface area contributed by atoms with Crippen LogP contribution in [0.15, 0.2) is 83.3 Å². The third-order valence-electron chi connectivity index (χ3n) is 8.00. The second-order valence-electron chi connectivity index (χ2n) is 11.7. The van der Waals surface area contributed by atoms with Crippen LogP contribution in [0.3, 0.4) is 0 Å². The van der Waals surface area contributed by atoms with E-state index in [0.717, 1.165) is 59.5 Å². The van der Waals surface area contributed by atoms with Gasteiger partial charge in [-0.1, -0.05) is 110 Å². The van der Waals surface area contributed by atoms with Gasteiger partial charge in [0.15, 0.2) is 0 Å². The predicted octanol–water partition coefficient (Wildman–Crippen LogP) is 6.43. The number of hydrogen-bond donors (Lipinski definition) is 1. The first kappa shape index (κ1) is 32.7. The molecule has 0 heterocycles. The lowest BCUT2D eigenvalue weighted by Crippen LogP contribution is -2.55. The Kier molecular flexibility index (Phi) is 11.4. The summed E-state index contributed by atoms with van der Waals surface area (Å²) in [6.45, 7) is 3.73. The normalized spacial score (nSPS) is 14.7. The number of rotatable bonds is 12. The van der Waals surface area contributed by atoms with Crippen LogP contribution in [0, 0.1) is 0 Å². The van der Waals surface area contributed by atoms with E-state index in [1.165, 1.54) is 4.31 Å². The fourth-order valence-electron chi connectivity index (χ4n) is 5.68. The largest absolute Gasteiger partial charge is 0.352 e. The van der Waals surface area contributed by atoms with Crippen LogP contribution in [0.4, 0.5) is 5.69 Å². The Labute approximate surface area is 264 Å². The van der Waals surface area contributed by atoms with Gasteiger partial charge in [-0.3, -0.25) is 13.9 Å². The van der Waals surface area contributed by atoms with E-state index < -0.39 is 28.5 Å². The molecule has 0 aliphatic heterocycles. The quantitative estimate of drug-likeness (QED) is 0.241. The molecule has 1 N–H and O–H groups in total. The van der Waals surface area contributed by atoms with Gasteiger partial charge in [0.1, 0.15) is 12.6 Å². The van der Waals surface area contributed by atoms with Crippen molar-refractivity contribution in [2.75, 3.05) is 17.1 Å². The summed E-state index contributed by atoms with van der Waals surface area (Å²) in [5.41, 5.74) is 3.07. The van der Waals surface area contributed by atoms with Crippen molar-refractivity contribution in [3.05, 3.63) is 100 Å². The van der Waals surface area contributed by atoms with E-state index in [9.17, 15) is 18.0 Å². The third-order valence-corrected chi connectivity index (χ3v) is 9.65. The summed E-state index contributed by atoms with van der Waals surface area (Å²) in [6.07, 6.45) is 6.55. The number of anilines is 1. The molecule has 43 heavy (non-hydrogen) atoms. The number of nitrogens with zero attached hydrogens (tertiary/aromatic N) is 2. The Morgan fingerprint density at radius 1 is 0.884 bits per heavy atom. The second-order valence-corrected chi connectivity index (χ2v) is 14.5. The molecule has 0 radical (unpaired) electrons. The van der Waals surface area contributed by atoms with E-state index >= 15 is 0 Å². The highest BCUT2D eigenvalue weighted by Crippen LogP contribution is 2.29. The van der Waals surface area contributed by atoms with Crippen molar-refractivity contribution in [3.8, 4) is 0 Å². The molecule has 4 rings (SSSR count). The van der Waals surface area contributed by atoms with Crippen molar-refractivity contribution in [1.82, 2.24) is 10.2 Å². The molecule has 0 aromatic heterocycles. The number of amides is 2. The Morgan fingerprint density at radius 2 is 1.51 bits per heavy atom. The van der Waals surface area contributed by atoms with Gasteiger partial charge in [-0.15, -0.1) is 0 Å². The third kappa shape index (κ3) is 9.16. The molecule has 7 nitrogen and oxygen atoms in total. The number of para-hydroxylation sites is 1. The minimum Gasteiger partial charge on any atom is -0.352 e. The molecule has 1 atom stereocenters. The number of hydrogen-bond acceptors (Lipinski definition) is 4. The Bertz CT molecular complexity index is 1470. The average molecular weight is 669 g/mol. The molecule has 0 bridgehead atoms. The highest BCUT2D eigenvalue weighted by atomic mass is 79.9. The first-order valence-electron chi connectivity index (χ1n) is 15.0. The monoisotopic (exact) mass is 667 g/mol. The fourth-order valence-corrected chi connectivity index (χ4v) is 6.82. The van der Waals surface area contributed by atoms with Gasteiger partial charge in [0, 0.05) is 23.5 Å². The maximum atomic E-state index is 14.4. The van der Waals surface area contributed by atoms with Crippen molar-refractivity contribution in [1.29, 1.82) is 0 Å². The predicted molar refractivity (Wildman–Crippen MR) is 176 cm³/mol. The number of benzene rings is 3. The summed E-state index contributed by atoms with van der Waals surface area (Å²) in [7, 11) is -3.83. The standard InChI is InChI=1S/C34H42BrN3O4S/c1-25(2)30-16-10-11-17-31(30)38(43(3,41)42)24-33(39)37(23-27-18-20-28(35)21-19-27)32(22-26-12-6-4-7-13-26)34(40)36-29-14-8-5-9-15-29/h4,6-7,10-13,16-21,25,29,32H,5,8-9,14-15,22-24H2,1-3H3,(H,36,40)/t32-/m0/s1. The molecule has 1 aliphatic carbocycles. The van der Waals surface area contributed by atoms with Gasteiger partial charge >= 0.3 is 0 Å². The van der Waals surface area contributed by atoms with Gasteiger partial charge in [-0.25, -0.2) is 8.42 Å². The maximum Gasteiger partial charge on any atom is 0.244 e. The van der Waals surface area contributed by atoms with Crippen LogP contribution in [0.1, 0.15) is 68.6 Å². The van der Waals surface area contributed by atoms with Crippen LogP contribution in [-0.2, 0) is 32.6 Å². The first-order chi connectivity index (χ1) is 20.5. The Morgan fingerprint density at radius 3 is 2.14 bits per heavy atom. The summed E-state index contributed by atoms with van der Waals surface area (Å²) in [4.78, 5) is 30.0. The molecule has 230 valence electrons. The maximum absolute atomic E-state index is 14.4. The van der Waals surface area contributed by atoms with E-state index in [2.05, 4.69) is 21.2 Å². The van der Waals surface area contributed by atoms with Crippen molar-refractivity contribution in [2.24, 2.45) is 0 Å². The Hall–Kier alpha value is -3.17. The van der Waals surface area contributed by atoms with Crippen molar-refractivity contribution in [3.63, 3.8) is 0 Å². The molecule has 3 aromatic carbocycles. The average Bonchev–Trinajstić information content (AvgIpc) is 2.99. The molecule has 1 fully saturated rings. The first-order valence-corrected chi connectivity index (χ1v) is 17.6. The topological polar surface area (TPSA) is 86.8 Å². The number of halogens is 1. The zero-order valence-corrected chi connectivity index (χ0v) is 27.6. The fraction of sp³-hybridized carbons (Fsp3) is 0.412. The van der Waals surface area contributed by atoms with E-state index in [4.69, 9.17) is 0 Å². The van der Waals surface area contributed by atoms with Crippen molar-refractivity contribution < 1.29 is 18.0 Å². The van der Waals surface area contributed by atoms with Crippen molar-refractivity contribution in [2.45, 2.75) is 76.9 Å². The van der Waals surface area contributed by atoms with Gasteiger partial charge in [0.2, 0.25) is 21.8 Å². The van der Waals surface area contributed by atoms with Gasteiger partial charge in [-0.05, 0) is 53.6 Å². The summed E-state index contributed by atoms with van der Waals surface area (Å²) < 4.78 is 28.5. The molecular weight excluding hydrogens is 626 g/mol. The number of nitrogens with one attached hydrogen (secondary N) is 1. The van der Waals surface area contributed by atoms with Gasteiger partial charge in [-0.2, -0.15) is 0 Å². The summed E-state index contributed by atoms with van der Waals surface area (Å²) >= 11 is 3.47. The van der Waals surface area contributed by atoms with Crippen LogP contribution in [0.2, 0.25) is 0 Å². The number of sulfonamides is 1. The summed E-state index contributed by atoms with van der Waals surface area (Å²) in [6, 6.07) is 23.8. The lowest BCUT2D eigenvalue weighted by Gasteiger charge is -2.35. The van der Waals surface area contributed by atoms with E-state index in [1.807, 2.05) is 80.6 Å². The number of carbonyl (C=O) groups excluding carboxylic acids is 2. The van der Waals surface area contributed by atoms with Crippen LogP contribution in [-0.4, -0.2) is 50.0 Å². The highest BCUT2D eigenvalue weighted by molar-refractivity contribution is 9.10. The molecule has 0 saturated heterocycles. The highest BCUT2D eigenvalue weighted by Gasteiger charge is 2.34. The lowest BCUT2D eigenvalue weighted by atomic mass is 9.94. The SMILES string of the molecule is CC(C)c1ccccc1N(CC(=O)N(Cc1ccc(Br)cc1)[C@@H](Cc1ccccc1)C(=O)NC1CCCCC1)S(C)(=O)=O. The van der Waals surface area contributed by atoms with E-state index in [1.54, 1.807) is 17.0 Å². The molecule has 0 unspecified atom stereocenters. The molecule has 3 aromatic rings. The molecule has 1 aliphatic rings.